The first-order valence-electron chi connectivity index (χ1n) is 10.9. The van der Waals surface area contributed by atoms with Crippen LogP contribution in [0.3, 0.4) is 0 Å². The summed E-state index contributed by atoms with van der Waals surface area (Å²) in [5.74, 6) is 0.0521. The largest absolute Gasteiger partial charge is 0.358 e. The highest BCUT2D eigenvalue weighted by Gasteiger charge is 2.37. The van der Waals surface area contributed by atoms with E-state index in [4.69, 9.17) is 4.99 Å². The van der Waals surface area contributed by atoms with Crippen LogP contribution >= 0.6 is 0 Å². The van der Waals surface area contributed by atoms with E-state index in [1.54, 1.807) is 12.3 Å². The van der Waals surface area contributed by atoms with Crippen molar-refractivity contribution in [2.24, 2.45) is 16.8 Å². The molecule has 1 aromatic heterocycles. The summed E-state index contributed by atoms with van der Waals surface area (Å²) in [6.45, 7) is 0. The number of rotatable bonds is 3. The predicted molar refractivity (Wildman–Crippen MR) is 115 cm³/mol. The summed E-state index contributed by atoms with van der Waals surface area (Å²) < 4.78 is 42.9. The van der Waals surface area contributed by atoms with Crippen molar-refractivity contribution in [3.05, 3.63) is 65.1 Å². The molecule has 1 aliphatic heterocycles. The van der Waals surface area contributed by atoms with Crippen molar-refractivity contribution in [1.82, 2.24) is 10.3 Å². The normalized spacial score (nSPS) is 27.1. The first kappa shape index (κ1) is 18.9. The summed E-state index contributed by atoms with van der Waals surface area (Å²) in [7, 11) is 0. The molecule has 31 heavy (non-hydrogen) atoms. The summed E-state index contributed by atoms with van der Waals surface area (Å²) in [5, 5.41) is 7.13. The Hall–Kier alpha value is -2.80. The Labute approximate surface area is 178 Å². The maximum atomic E-state index is 14.8. The number of hydrogen-bond donors (Lipinski definition) is 3. The lowest BCUT2D eigenvalue weighted by molar-refractivity contribution is 0.116. The fraction of sp³-hybridized carbons (Fsp3) is 0.375. The number of nitrogens with one attached hydrogen (secondary N) is 3. The molecule has 4 aliphatic rings. The molecule has 0 radical (unpaired) electrons. The van der Waals surface area contributed by atoms with E-state index in [9.17, 15) is 13.2 Å². The van der Waals surface area contributed by atoms with Gasteiger partial charge in [-0.3, -0.25) is 5.32 Å². The van der Waals surface area contributed by atoms with Gasteiger partial charge in [0, 0.05) is 34.8 Å². The van der Waals surface area contributed by atoms with Gasteiger partial charge in [0.2, 0.25) is 0 Å². The number of amidine groups is 1. The molecule has 3 aliphatic carbocycles. The fourth-order valence-corrected chi connectivity index (χ4v) is 5.65. The molecule has 3 aromatic rings. The van der Waals surface area contributed by atoms with Crippen LogP contribution in [0.25, 0.3) is 10.9 Å². The maximum absolute atomic E-state index is 14.8. The highest BCUT2D eigenvalue weighted by molar-refractivity contribution is 6.16. The average Bonchev–Trinajstić information content (AvgIpc) is 3.19. The van der Waals surface area contributed by atoms with Gasteiger partial charge >= 0.3 is 0 Å². The van der Waals surface area contributed by atoms with Crippen LogP contribution in [0.4, 0.5) is 18.9 Å². The zero-order valence-electron chi connectivity index (χ0n) is 16.9. The topological polar surface area (TPSA) is 52.2 Å². The van der Waals surface area contributed by atoms with Gasteiger partial charge in [-0.05, 0) is 43.2 Å². The van der Waals surface area contributed by atoms with Gasteiger partial charge < -0.3 is 10.3 Å². The summed E-state index contributed by atoms with van der Waals surface area (Å²) in [6, 6.07) is 7.43. The fourth-order valence-electron chi connectivity index (χ4n) is 5.65. The highest BCUT2D eigenvalue weighted by atomic mass is 19.1. The van der Waals surface area contributed by atoms with Gasteiger partial charge in [-0.2, -0.15) is 0 Å². The summed E-state index contributed by atoms with van der Waals surface area (Å²) >= 11 is 0. The van der Waals surface area contributed by atoms with E-state index >= 15 is 0 Å². The molecule has 4 nitrogen and oxygen atoms in total. The molecule has 3 saturated carbocycles. The summed E-state index contributed by atoms with van der Waals surface area (Å²) in [5.41, 5.74) is 1.83. The zero-order valence-corrected chi connectivity index (χ0v) is 16.9. The standard InChI is InChI=1S/C24H23F3N4/c25-14-9-16-17(11-28-21(16)19(27)10-14)24-30-22-15(2-1-3-18(22)26)23(31-24)29-20-8-12-4-6-13(20)7-5-12/h1-3,9-13,20,23,28-29H,4-8H2,(H,30,31). The molecule has 7 heteroatoms. The van der Waals surface area contributed by atoms with Gasteiger partial charge in [-0.1, -0.05) is 25.0 Å². The summed E-state index contributed by atoms with van der Waals surface area (Å²) in [6.07, 6.45) is 7.32. The molecule has 0 saturated heterocycles. The van der Waals surface area contributed by atoms with Crippen LogP contribution in [-0.2, 0) is 0 Å². The Bertz CT molecular complexity index is 1190. The zero-order chi connectivity index (χ0) is 21.1. The average molecular weight is 424 g/mol. The molecule has 2 atom stereocenters. The van der Waals surface area contributed by atoms with Gasteiger partial charge in [0.05, 0.1) is 11.2 Å². The lowest BCUT2D eigenvalue weighted by Gasteiger charge is -2.44. The van der Waals surface area contributed by atoms with Crippen LogP contribution in [0.2, 0.25) is 0 Å². The second-order valence-corrected chi connectivity index (χ2v) is 9.01. The highest BCUT2D eigenvalue weighted by Crippen LogP contribution is 2.43. The van der Waals surface area contributed by atoms with Gasteiger partial charge in [0.15, 0.2) is 0 Å². The second kappa shape index (κ2) is 7.12. The SMILES string of the molecule is Fc1cc(F)c2[nH]cc(C3=NC(NC4CC5CCC4CC5)c4cccc(F)c4N3)c2c1. The Morgan fingerprint density at radius 1 is 1.00 bits per heavy atom. The minimum absolute atomic E-state index is 0.203. The molecule has 3 N–H and O–H groups in total. The van der Waals surface area contributed by atoms with E-state index in [0.29, 0.717) is 34.4 Å². The van der Waals surface area contributed by atoms with Crippen molar-refractivity contribution in [2.45, 2.75) is 44.3 Å². The quantitative estimate of drug-likeness (QED) is 0.511. The number of para-hydroxylation sites is 1. The second-order valence-electron chi connectivity index (χ2n) is 9.01. The predicted octanol–water partition coefficient (Wildman–Crippen LogP) is 5.62. The van der Waals surface area contributed by atoms with Crippen LogP contribution in [0.5, 0.6) is 0 Å². The van der Waals surface area contributed by atoms with Crippen molar-refractivity contribution in [3.8, 4) is 0 Å². The molecule has 2 unspecified atom stereocenters. The van der Waals surface area contributed by atoms with Crippen LogP contribution in [0, 0.1) is 29.3 Å². The van der Waals surface area contributed by atoms with Crippen LogP contribution in [-0.4, -0.2) is 16.9 Å². The number of hydrogen-bond acceptors (Lipinski definition) is 3. The third kappa shape index (κ3) is 3.14. The van der Waals surface area contributed by atoms with Crippen molar-refractivity contribution >= 4 is 22.4 Å². The number of aromatic amines is 1. The van der Waals surface area contributed by atoms with Crippen molar-refractivity contribution in [2.75, 3.05) is 5.32 Å². The molecule has 0 amide bonds. The van der Waals surface area contributed by atoms with E-state index in [1.165, 1.54) is 37.8 Å². The molecular formula is C24H23F3N4. The molecule has 2 aromatic carbocycles. The lowest BCUT2D eigenvalue weighted by atomic mass is 9.68. The van der Waals surface area contributed by atoms with Crippen LogP contribution in [0.1, 0.15) is 49.4 Å². The van der Waals surface area contributed by atoms with Crippen LogP contribution in [0.15, 0.2) is 41.5 Å². The van der Waals surface area contributed by atoms with E-state index in [1.807, 2.05) is 6.07 Å². The Morgan fingerprint density at radius 2 is 1.84 bits per heavy atom. The molecule has 0 spiro atoms. The van der Waals surface area contributed by atoms with E-state index in [2.05, 4.69) is 15.6 Å². The number of fused-ring (bicyclic) bond motifs is 5. The molecule has 3 fully saturated rings. The number of aliphatic imine (C=N–C) groups is 1. The Balaban J connectivity index is 1.42. The number of aromatic nitrogens is 1. The number of halogens is 3. The number of benzene rings is 2. The third-order valence-electron chi connectivity index (χ3n) is 7.22. The van der Waals surface area contributed by atoms with Crippen molar-refractivity contribution < 1.29 is 13.2 Å². The smallest absolute Gasteiger partial charge is 0.150 e. The molecule has 2 bridgehead atoms. The van der Waals surface area contributed by atoms with E-state index in [-0.39, 0.29) is 11.3 Å². The number of anilines is 1. The minimum Gasteiger partial charge on any atom is -0.358 e. The van der Waals surface area contributed by atoms with E-state index in [0.717, 1.165) is 24.0 Å². The molecular weight excluding hydrogens is 401 g/mol. The van der Waals surface area contributed by atoms with Crippen molar-refractivity contribution in [1.29, 1.82) is 0 Å². The number of nitrogens with zero attached hydrogens (tertiary/aromatic N) is 1. The lowest BCUT2D eigenvalue weighted by Crippen LogP contribution is -2.46. The first-order valence-corrected chi connectivity index (χ1v) is 10.9. The number of H-pyrrole nitrogens is 1. The summed E-state index contributed by atoms with van der Waals surface area (Å²) in [4.78, 5) is 7.72. The van der Waals surface area contributed by atoms with E-state index < -0.39 is 17.8 Å². The first-order chi connectivity index (χ1) is 15.1. The van der Waals surface area contributed by atoms with Gasteiger partial charge in [-0.15, -0.1) is 0 Å². The molecule has 7 rings (SSSR count). The monoisotopic (exact) mass is 424 g/mol. The minimum atomic E-state index is -0.669. The van der Waals surface area contributed by atoms with Gasteiger partial charge in [0.1, 0.15) is 29.5 Å². The molecule has 2 heterocycles. The third-order valence-corrected chi connectivity index (χ3v) is 7.22. The molecule has 160 valence electrons. The Morgan fingerprint density at radius 3 is 2.61 bits per heavy atom. The van der Waals surface area contributed by atoms with Crippen LogP contribution < -0.4 is 10.6 Å². The van der Waals surface area contributed by atoms with Gasteiger partial charge in [0.25, 0.3) is 0 Å². The maximum Gasteiger partial charge on any atom is 0.150 e. The van der Waals surface area contributed by atoms with Crippen molar-refractivity contribution in [3.63, 3.8) is 0 Å². The van der Waals surface area contributed by atoms with Gasteiger partial charge in [-0.25, -0.2) is 18.2 Å². The Kier molecular flexibility index (Phi) is 4.35.